The molecule has 7 rings (SSSR count). The Balaban J connectivity index is 1.17. The van der Waals surface area contributed by atoms with E-state index in [0.29, 0.717) is 0 Å². The number of rotatable bonds is 4. The van der Waals surface area contributed by atoms with Crippen LogP contribution in [0.3, 0.4) is 0 Å². The summed E-state index contributed by atoms with van der Waals surface area (Å²) >= 11 is 7.21. The minimum Gasteiger partial charge on any atom is -0.367 e. The molecule has 218 valence electrons. The van der Waals surface area contributed by atoms with Crippen molar-refractivity contribution >= 4 is 50.2 Å². The topological polar surface area (TPSA) is 6.25 Å². The third-order valence-corrected chi connectivity index (χ3v) is 11.1. The molecule has 0 saturated heterocycles. The monoisotopic (exact) mass is 585 g/mol. The summed E-state index contributed by atoms with van der Waals surface area (Å²) in [6, 6.07) is 26.9. The fourth-order valence-electron chi connectivity index (χ4n) is 8.34. The first-order chi connectivity index (χ1) is 20.6. The van der Waals surface area contributed by atoms with Crippen molar-refractivity contribution in [2.75, 3.05) is 19.0 Å². The number of fused-ring (bicyclic) bond motifs is 6. The molecule has 0 bridgehead atoms. The Bertz CT molecular complexity index is 1900. The number of hydrogen-bond acceptors (Lipinski definition) is 1. The quantitative estimate of drug-likeness (QED) is 0.170. The predicted molar refractivity (Wildman–Crippen MR) is 185 cm³/mol. The first-order valence-corrected chi connectivity index (χ1v) is 16.1. The van der Waals surface area contributed by atoms with Gasteiger partial charge in [-0.1, -0.05) is 98.3 Å². The molecule has 0 N–H and O–H groups in total. The third kappa shape index (κ3) is 4.32. The molecule has 2 unspecified atom stereocenters. The molecule has 0 amide bonds. The van der Waals surface area contributed by atoms with E-state index >= 15 is 0 Å². The SMILES string of the molecule is CN1c2ccc3ccccc3c2C(C)(C)C1/C=C/C1CCCC(/C=C/C2=[N+](C)c3ccc4ccccc4c3C2(C)C)=C1Cl. The van der Waals surface area contributed by atoms with Crippen LogP contribution in [-0.4, -0.2) is 30.4 Å². The summed E-state index contributed by atoms with van der Waals surface area (Å²) in [6.45, 7) is 9.49. The summed E-state index contributed by atoms with van der Waals surface area (Å²) < 4.78 is 2.37. The second-order valence-corrected chi connectivity index (χ2v) is 14.2. The van der Waals surface area contributed by atoms with Crippen LogP contribution in [-0.2, 0) is 10.8 Å². The van der Waals surface area contributed by atoms with Crippen molar-refractivity contribution < 1.29 is 4.58 Å². The van der Waals surface area contributed by atoms with Crippen LogP contribution in [0.2, 0.25) is 0 Å². The first-order valence-electron chi connectivity index (χ1n) is 15.7. The second kappa shape index (κ2) is 10.2. The van der Waals surface area contributed by atoms with Gasteiger partial charge in [0.2, 0.25) is 5.69 Å². The highest BCUT2D eigenvalue weighted by atomic mass is 35.5. The summed E-state index contributed by atoms with van der Waals surface area (Å²) in [7, 11) is 4.44. The average molecular weight is 586 g/mol. The lowest BCUT2D eigenvalue weighted by atomic mass is 9.77. The highest BCUT2D eigenvalue weighted by Gasteiger charge is 2.45. The molecule has 2 aliphatic heterocycles. The Morgan fingerprint density at radius 2 is 1.47 bits per heavy atom. The van der Waals surface area contributed by atoms with Crippen molar-refractivity contribution in [3.05, 3.63) is 119 Å². The van der Waals surface area contributed by atoms with Crippen LogP contribution in [0.15, 0.2) is 108 Å². The normalized spacial score (nSPS) is 22.9. The molecule has 0 fully saturated rings. The minimum absolute atomic E-state index is 0.0104. The van der Waals surface area contributed by atoms with Crippen LogP contribution in [0.25, 0.3) is 21.5 Å². The van der Waals surface area contributed by atoms with E-state index in [1.165, 1.54) is 55.3 Å². The number of halogens is 1. The first kappa shape index (κ1) is 28.2. The van der Waals surface area contributed by atoms with Gasteiger partial charge in [-0.3, -0.25) is 0 Å². The van der Waals surface area contributed by atoms with E-state index in [4.69, 9.17) is 11.6 Å². The molecule has 1 aliphatic carbocycles. The standard InChI is InChI=1S/C40H42ClN2/c1-39(2)34(42(5)32-22-18-26-12-7-9-16-30(26)36(32)39)24-20-28-14-11-15-29(38(28)41)21-25-35-40(3,4)37-31-17-10-8-13-27(31)19-23-33(37)43(35)6/h7-10,12-13,16-25,28,34H,11,14-15H2,1-6H3/q+1/b24-20+,25-21+. The fraction of sp³-hybridized carbons (Fsp3) is 0.325. The Morgan fingerprint density at radius 3 is 2.19 bits per heavy atom. The van der Waals surface area contributed by atoms with E-state index in [1.54, 1.807) is 0 Å². The summed E-state index contributed by atoms with van der Waals surface area (Å²) in [5.41, 5.74) is 7.97. The van der Waals surface area contributed by atoms with Crippen LogP contribution in [0.4, 0.5) is 11.4 Å². The lowest BCUT2D eigenvalue weighted by Crippen LogP contribution is -2.37. The highest BCUT2D eigenvalue weighted by Crippen LogP contribution is 2.49. The van der Waals surface area contributed by atoms with Gasteiger partial charge >= 0.3 is 0 Å². The lowest BCUT2D eigenvalue weighted by Gasteiger charge is -2.31. The van der Waals surface area contributed by atoms with Gasteiger partial charge in [0.25, 0.3) is 0 Å². The molecule has 4 aromatic carbocycles. The van der Waals surface area contributed by atoms with Crippen molar-refractivity contribution in [3.8, 4) is 0 Å². The molecule has 0 aromatic heterocycles. The van der Waals surface area contributed by atoms with Crippen molar-refractivity contribution in [1.82, 2.24) is 0 Å². The number of allylic oxidation sites excluding steroid dienone is 5. The highest BCUT2D eigenvalue weighted by molar-refractivity contribution is 6.30. The van der Waals surface area contributed by atoms with Crippen molar-refractivity contribution in [2.24, 2.45) is 5.92 Å². The second-order valence-electron chi connectivity index (χ2n) is 13.8. The summed E-state index contributed by atoms with van der Waals surface area (Å²) in [5, 5.41) is 6.32. The van der Waals surface area contributed by atoms with E-state index in [2.05, 4.69) is 148 Å². The van der Waals surface area contributed by atoms with Crippen LogP contribution in [0.1, 0.15) is 58.1 Å². The Hall–Kier alpha value is -3.62. The van der Waals surface area contributed by atoms with Crippen LogP contribution >= 0.6 is 11.6 Å². The van der Waals surface area contributed by atoms with Crippen molar-refractivity contribution in [1.29, 1.82) is 0 Å². The summed E-state index contributed by atoms with van der Waals surface area (Å²) in [6.07, 6.45) is 12.7. The number of nitrogens with zero attached hydrogens (tertiary/aromatic N) is 2. The number of anilines is 1. The van der Waals surface area contributed by atoms with Crippen LogP contribution in [0, 0.1) is 5.92 Å². The molecule has 2 atom stereocenters. The Morgan fingerprint density at radius 1 is 0.814 bits per heavy atom. The van der Waals surface area contributed by atoms with Crippen LogP contribution in [0.5, 0.6) is 0 Å². The summed E-state index contributed by atoms with van der Waals surface area (Å²) in [4.78, 5) is 2.45. The smallest absolute Gasteiger partial charge is 0.210 e. The average Bonchev–Trinajstić information content (AvgIpc) is 3.33. The van der Waals surface area contributed by atoms with Gasteiger partial charge in [-0.25, -0.2) is 0 Å². The van der Waals surface area contributed by atoms with Crippen molar-refractivity contribution in [2.45, 2.75) is 63.8 Å². The molecular formula is C40H42ClN2+. The van der Waals surface area contributed by atoms with E-state index in [1.807, 2.05) is 0 Å². The van der Waals surface area contributed by atoms with Crippen molar-refractivity contribution in [3.63, 3.8) is 0 Å². The minimum atomic E-state index is -0.0970. The molecule has 0 saturated carbocycles. The zero-order valence-electron chi connectivity index (χ0n) is 26.3. The van der Waals surface area contributed by atoms with E-state index < -0.39 is 0 Å². The maximum absolute atomic E-state index is 7.21. The van der Waals surface area contributed by atoms with E-state index in [-0.39, 0.29) is 22.8 Å². The zero-order valence-corrected chi connectivity index (χ0v) is 27.0. The lowest BCUT2D eigenvalue weighted by molar-refractivity contribution is -0.401. The molecule has 0 radical (unpaired) electrons. The molecular weight excluding hydrogens is 544 g/mol. The Kier molecular flexibility index (Phi) is 6.71. The molecule has 4 aromatic rings. The van der Waals surface area contributed by atoms with E-state index in [9.17, 15) is 0 Å². The van der Waals surface area contributed by atoms with Crippen LogP contribution < -0.4 is 4.90 Å². The molecule has 0 spiro atoms. The molecule has 3 aliphatic rings. The van der Waals surface area contributed by atoms with Gasteiger partial charge in [0.1, 0.15) is 7.05 Å². The van der Waals surface area contributed by atoms with Gasteiger partial charge in [-0.05, 0) is 77.9 Å². The fourth-order valence-corrected chi connectivity index (χ4v) is 8.67. The molecule has 2 heterocycles. The maximum Gasteiger partial charge on any atom is 0.210 e. The largest absolute Gasteiger partial charge is 0.367 e. The van der Waals surface area contributed by atoms with Gasteiger partial charge < -0.3 is 4.90 Å². The van der Waals surface area contributed by atoms with E-state index in [0.717, 1.165) is 24.3 Å². The van der Waals surface area contributed by atoms with Gasteiger partial charge in [0.05, 0.1) is 11.5 Å². The predicted octanol–water partition coefficient (Wildman–Crippen LogP) is 10.2. The molecule has 3 heteroatoms. The number of likely N-dealkylation sites (N-methyl/N-ethyl adjacent to an activating group) is 1. The zero-order chi connectivity index (χ0) is 30.1. The molecule has 2 nitrogen and oxygen atoms in total. The summed E-state index contributed by atoms with van der Waals surface area (Å²) in [5.74, 6) is 0.250. The van der Waals surface area contributed by atoms with Gasteiger partial charge in [0.15, 0.2) is 5.71 Å². The van der Waals surface area contributed by atoms with Gasteiger partial charge in [0, 0.05) is 46.8 Å². The van der Waals surface area contributed by atoms with Gasteiger partial charge in [-0.2, -0.15) is 4.58 Å². The number of hydrogen-bond donors (Lipinski definition) is 0. The molecule has 43 heavy (non-hydrogen) atoms. The number of benzene rings is 4. The maximum atomic E-state index is 7.21. The third-order valence-electron chi connectivity index (χ3n) is 10.5. The van der Waals surface area contributed by atoms with Gasteiger partial charge in [-0.15, -0.1) is 0 Å². The Labute approximate surface area is 261 Å².